The van der Waals surface area contributed by atoms with E-state index in [1.54, 1.807) is 13.0 Å². The molecule has 3 N–H and O–H groups in total. The first-order valence-electron chi connectivity index (χ1n) is 6.14. The van der Waals surface area contributed by atoms with Crippen molar-refractivity contribution in [1.82, 2.24) is 0 Å². The Bertz CT molecular complexity index is 597. The van der Waals surface area contributed by atoms with Crippen LogP contribution in [-0.2, 0) is 14.6 Å². The van der Waals surface area contributed by atoms with Crippen LogP contribution in [0.25, 0.3) is 0 Å². The predicted octanol–water partition coefficient (Wildman–Crippen LogP) is 1.21. The Labute approximate surface area is 119 Å². The van der Waals surface area contributed by atoms with Gasteiger partial charge in [-0.15, -0.1) is 0 Å². The summed E-state index contributed by atoms with van der Waals surface area (Å²) in [5, 5.41) is 3.08. The van der Waals surface area contributed by atoms with Gasteiger partial charge in [-0.05, 0) is 31.0 Å². The minimum atomic E-state index is -2.95. The van der Waals surface area contributed by atoms with Crippen LogP contribution in [-0.4, -0.2) is 40.1 Å². The quantitative estimate of drug-likeness (QED) is 0.465. The van der Waals surface area contributed by atoms with E-state index in [0.717, 1.165) is 5.56 Å². The van der Waals surface area contributed by atoms with Gasteiger partial charge in [0.25, 0.3) is 0 Å². The van der Waals surface area contributed by atoms with E-state index >= 15 is 0 Å². The fraction of sp³-hybridized carbons (Fsp3) is 0.462. The molecule has 0 heterocycles. The van der Waals surface area contributed by atoms with Gasteiger partial charge in [0.1, 0.15) is 9.84 Å². The van der Waals surface area contributed by atoms with E-state index in [9.17, 15) is 13.2 Å². The van der Waals surface area contributed by atoms with Gasteiger partial charge in [-0.2, -0.15) is 0 Å². The van der Waals surface area contributed by atoms with Crippen LogP contribution in [0.5, 0.6) is 0 Å². The molecule has 0 fully saturated rings. The van der Waals surface area contributed by atoms with Gasteiger partial charge in [-0.1, -0.05) is 0 Å². The second-order valence-corrected chi connectivity index (χ2v) is 6.92. The summed E-state index contributed by atoms with van der Waals surface area (Å²) < 4.78 is 26.7. The van der Waals surface area contributed by atoms with Crippen LogP contribution in [0, 0.1) is 6.92 Å². The third kappa shape index (κ3) is 4.73. The Morgan fingerprint density at radius 3 is 2.60 bits per heavy atom. The molecule has 20 heavy (non-hydrogen) atoms. The van der Waals surface area contributed by atoms with Crippen LogP contribution >= 0.6 is 0 Å². The maximum atomic E-state index is 11.6. The average molecular weight is 300 g/mol. The number of nitrogens with two attached hydrogens (primary N) is 1. The average Bonchev–Trinajstić information content (AvgIpc) is 2.36. The van der Waals surface area contributed by atoms with Gasteiger partial charge in [0.2, 0.25) is 0 Å². The Balaban J connectivity index is 2.77. The molecule has 112 valence electrons. The molecule has 0 radical (unpaired) electrons. The number of carbonyl (C=O) groups excluding carboxylic acids is 1. The van der Waals surface area contributed by atoms with Crippen LogP contribution in [0.15, 0.2) is 12.1 Å². The van der Waals surface area contributed by atoms with Gasteiger partial charge in [-0.3, -0.25) is 0 Å². The standard InChI is InChI=1S/C13H20N2O4S/c1-9-7-10(15-5-4-6-20(3,17)18)8-11(12(9)14)13(16)19-2/h7-8,15H,4-6,14H2,1-3H3. The fourth-order valence-corrected chi connectivity index (χ4v) is 2.42. The minimum Gasteiger partial charge on any atom is -0.465 e. The van der Waals surface area contributed by atoms with E-state index in [4.69, 9.17) is 5.73 Å². The first kappa shape index (κ1) is 16.3. The summed E-state index contributed by atoms with van der Waals surface area (Å²) >= 11 is 0. The van der Waals surface area contributed by atoms with E-state index in [1.165, 1.54) is 13.4 Å². The second-order valence-electron chi connectivity index (χ2n) is 4.66. The van der Waals surface area contributed by atoms with E-state index in [2.05, 4.69) is 10.1 Å². The topological polar surface area (TPSA) is 98.5 Å². The molecule has 7 heteroatoms. The number of sulfone groups is 1. The number of anilines is 2. The molecule has 0 saturated heterocycles. The number of methoxy groups -OCH3 is 1. The van der Waals surface area contributed by atoms with Crippen LogP contribution in [0.2, 0.25) is 0 Å². The number of hydrogen-bond acceptors (Lipinski definition) is 6. The highest BCUT2D eigenvalue weighted by atomic mass is 32.2. The Kier molecular flexibility index (Phi) is 5.38. The van der Waals surface area contributed by atoms with Crippen molar-refractivity contribution in [2.75, 3.05) is 36.7 Å². The molecule has 0 aliphatic carbocycles. The third-order valence-electron chi connectivity index (χ3n) is 2.81. The van der Waals surface area contributed by atoms with Crippen LogP contribution in [0.1, 0.15) is 22.3 Å². The number of ether oxygens (including phenoxy) is 1. The molecule has 0 aromatic heterocycles. The third-order valence-corrected chi connectivity index (χ3v) is 3.84. The molecule has 1 rings (SSSR count). The number of rotatable bonds is 6. The monoisotopic (exact) mass is 300 g/mol. The molecular weight excluding hydrogens is 280 g/mol. The lowest BCUT2D eigenvalue weighted by molar-refractivity contribution is 0.0602. The second kappa shape index (κ2) is 6.60. The summed E-state index contributed by atoms with van der Waals surface area (Å²) in [4.78, 5) is 11.6. The molecule has 1 aromatic rings. The molecule has 0 spiro atoms. The summed E-state index contributed by atoms with van der Waals surface area (Å²) in [5.41, 5.74) is 8.00. The molecule has 0 atom stereocenters. The lowest BCUT2D eigenvalue weighted by atomic mass is 10.1. The number of aryl methyl sites for hydroxylation is 1. The molecule has 0 saturated carbocycles. The fourth-order valence-electron chi connectivity index (χ4n) is 1.75. The van der Waals surface area contributed by atoms with Crippen molar-refractivity contribution in [3.8, 4) is 0 Å². The maximum absolute atomic E-state index is 11.6. The molecule has 0 aliphatic rings. The van der Waals surface area contributed by atoms with Gasteiger partial charge in [0.05, 0.1) is 18.4 Å². The zero-order valence-corrected chi connectivity index (χ0v) is 12.7. The highest BCUT2D eigenvalue weighted by molar-refractivity contribution is 7.90. The number of benzene rings is 1. The number of hydrogen-bond donors (Lipinski definition) is 2. The van der Waals surface area contributed by atoms with Gasteiger partial charge >= 0.3 is 5.97 Å². The van der Waals surface area contributed by atoms with Crippen LogP contribution in [0.3, 0.4) is 0 Å². The smallest absolute Gasteiger partial charge is 0.340 e. The summed E-state index contributed by atoms with van der Waals surface area (Å²) in [6.07, 6.45) is 1.70. The van der Waals surface area contributed by atoms with Crippen molar-refractivity contribution in [2.24, 2.45) is 0 Å². The van der Waals surface area contributed by atoms with Gasteiger partial charge in [0.15, 0.2) is 0 Å². The number of nitrogens with one attached hydrogen (secondary N) is 1. The largest absolute Gasteiger partial charge is 0.465 e. The van der Waals surface area contributed by atoms with Gasteiger partial charge in [0, 0.05) is 24.2 Å². The van der Waals surface area contributed by atoms with Gasteiger partial charge < -0.3 is 15.8 Å². The molecule has 0 amide bonds. The predicted molar refractivity (Wildman–Crippen MR) is 79.7 cm³/mol. The molecule has 0 aliphatic heterocycles. The summed E-state index contributed by atoms with van der Waals surface area (Å²) in [7, 11) is -1.66. The highest BCUT2D eigenvalue weighted by Crippen LogP contribution is 2.23. The normalized spacial score (nSPS) is 11.2. The number of nitrogen functional groups attached to an aromatic ring is 1. The minimum absolute atomic E-state index is 0.123. The maximum Gasteiger partial charge on any atom is 0.340 e. The molecule has 6 nitrogen and oxygen atoms in total. The first-order chi connectivity index (χ1) is 9.24. The van der Waals surface area contributed by atoms with Crippen molar-refractivity contribution in [3.63, 3.8) is 0 Å². The van der Waals surface area contributed by atoms with Crippen molar-refractivity contribution >= 4 is 27.2 Å². The summed E-state index contributed by atoms with van der Waals surface area (Å²) in [6.45, 7) is 2.29. The van der Waals surface area contributed by atoms with E-state index in [1.807, 2.05) is 6.07 Å². The van der Waals surface area contributed by atoms with E-state index in [0.29, 0.717) is 29.9 Å². The Hall–Kier alpha value is -1.76. The van der Waals surface area contributed by atoms with E-state index < -0.39 is 15.8 Å². The summed E-state index contributed by atoms with van der Waals surface area (Å²) in [6, 6.07) is 3.41. The Morgan fingerprint density at radius 2 is 2.05 bits per heavy atom. The number of carbonyl (C=O) groups is 1. The van der Waals surface area contributed by atoms with Crippen molar-refractivity contribution in [3.05, 3.63) is 23.3 Å². The van der Waals surface area contributed by atoms with Crippen molar-refractivity contribution < 1.29 is 17.9 Å². The van der Waals surface area contributed by atoms with Crippen LogP contribution in [0.4, 0.5) is 11.4 Å². The molecule has 0 unspecified atom stereocenters. The number of esters is 1. The lowest BCUT2D eigenvalue weighted by Gasteiger charge is -2.12. The zero-order chi connectivity index (χ0) is 15.3. The highest BCUT2D eigenvalue weighted by Gasteiger charge is 2.13. The Morgan fingerprint density at radius 1 is 1.40 bits per heavy atom. The van der Waals surface area contributed by atoms with Crippen LogP contribution < -0.4 is 11.1 Å². The summed E-state index contributed by atoms with van der Waals surface area (Å²) in [5.74, 6) is -0.372. The van der Waals surface area contributed by atoms with E-state index in [-0.39, 0.29) is 5.75 Å². The zero-order valence-electron chi connectivity index (χ0n) is 11.9. The van der Waals surface area contributed by atoms with Gasteiger partial charge in [-0.25, -0.2) is 13.2 Å². The van der Waals surface area contributed by atoms with Crippen molar-refractivity contribution in [2.45, 2.75) is 13.3 Å². The van der Waals surface area contributed by atoms with Crippen molar-refractivity contribution in [1.29, 1.82) is 0 Å². The molecule has 1 aromatic carbocycles. The SMILES string of the molecule is COC(=O)c1cc(NCCCS(C)(=O)=O)cc(C)c1N. The first-order valence-corrected chi connectivity index (χ1v) is 8.20. The molecule has 0 bridgehead atoms. The molecular formula is C13H20N2O4S. The lowest BCUT2D eigenvalue weighted by Crippen LogP contribution is -2.12.